The first-order valence-electron chi connectivity index (χ1n) is 16.1. The molecule has 0 saturated heterocycles. The predicted octanol–water partition coefficient (Wildman–Crippen LogP) is 8.34. The van der Waals surface area contributed by atoms with Crippen LogP contribution in [0.5, 0.6) is 0 Å². The van der Waals surface area contributed by atoms with Gasteiger partial charge in [0.05, 0.1) is 12.5 Å². The third-order valence-electron chi connectivity index (χ3n) is 14.4. The molecule has 1 heterocycles. The molecule has 0 radical (unpaired) electrons. The zero-order chi connectivity index (χ0) is 29.4. The summed E-state index contributed by atoms with van der Waals surface area (Å²) in [5.74, 6) is 0.923. The van der Waals surface area contributed by atoms with Crippen LogP contribution in [-0.2, 0) is 26.2 Å². The lowest BCUT2D eigenvalue weighted by Crippen LogP contribution is -2.66. The Kier molecular flexibility index (Phi) is 5.47. The van der Waals surface area contributed by atoms with Crippen LogP contribution in [0.4, 0.5) is 0 Å². The Balaban J connectivity index is 1.37. The van der Waals surface area contributed by atoms with Crippen LogP contribution >= 0.6 is 0 Å². The molecule has 2 aromatic rings. The number of para-hydroxylation sites is 1. The average molecular weight is 556 g/mol. The number of hydrogen-bond donors (Lipinski definition) is 1. The van der Waals surface area contributed by atoms with E-state index in [-0.39, 0.29) is 44.9 Å². The molecule has 220 valence electrons. The fourth-order valence-electron chi connectivity index (χ4n) is 11.9. The maximum absolute atomic E-state index is 14.8. The first-order chi connectivity index (χ1) is 19.1. The largest absolute Gasteiger partial charge is 0.469 e. The second-order valence-electron chi connectivity index (χ2n) is 16.7. The molecule has 0 amide bonds. The number of hydrogen-bond acceptors (Lipinski definition) is 3. The molecule has 8 atom stereocenters. The van der Waals surface area contributed by atoms with Gasteiger partial charge in [0.15, 0.2) is 5.78 Å². The van der Waals surface area contributed by atoms with Gasteiger partial charge in [0.2, 0.25) is 0 Å². The minimum atomic E-state index is -0.485. The molecular weight excluding hydrogens is 506 g/mol. The van der Waals surface area contributed by atoms with Crippen LogP contribution in [0, 0.1) is 44.8 Å². The Labute approximate surface area is 246 Å². The summed E-state index contributed by atoms with van der Waals surface area (Å²) >= 11 is 0. The molecule has 3 saturated carbocycles. The van der Waals surface area contributed by atoms with Gasteiger partial charge in [-0.25, -0.2) is 0 Å². The van der Waals surface area contributed by atoms with Crippen LogP contribution in [0.3, 0.4) is 0 Å². The molecule has 0 unspecified atom stereocenters. The lowest BCUT2D eigenvalue weighted by molar-refractivity contribution is -0.174. The number of aromatic amines is 1. The summed E-state index contributed by atoms with van der Waals surface area (Å²) in [6.07, 6.45) is 10.3. The highest BCUT2D eigenvalue weighted by Crippen LogP contribution is 2.75. The zero-order valence-corrected chi connectivity index (χ0v) is 26.5. The van der Waals surface area contributed by atoms with Gasteiger partial charge in [0.25, 0.3) is 0 Å². The normalized spacial score (nSPS) is 44.5. The minimum absolute atomic E-state index is 0.0106. The van der Waals surface area contributed by atoms with E-state index in [9.17, 15) is 9.59 Å². The molecule has 5 aliphatic rings. The molecule has 0 aliphatic heterocycles. The number of ether oxygens (including phenoxy) is 1. The van der Waals surface area contributed by atoms with Crippen molar-refractivity contribution in [2.45, 2.75) is 105 Å². The van der Waals surface area contributed by atoms with Crippen molar-refractivity contribution >= 4 is 22.7 Å². The van der Waals surface area contributed by atoms with Gasteiger partial charge in [0, 0.05) is 27.9 Å². The van der Waals surface area contributed by atoms with E-state index in [1.807, 2.05) is 0 Å². The highest BCUT2D eigenvalue weighted by molar-refractivity contribution is 5.96. The molecule has 3 fully saturated rings. The topological polar surface area (TPSA) is 59.2 Å². The molecule has 5 aliphatic carbocycles. The van der Waals surface area contributed by atoms with Gasteiger partial charge in [-0.2, -0.15) is 0 Å². The highest BCUT2D eigenvalue weighted by Gasteiger charge is 2.70. The summed E-state index contributed by atoms with van der Waals surface area (Å²) in [6, 6.07) is 8.73. The van der Waals surface area contributed by atoms with Gasteiger partial charge in [-0.15, -0.1) is 0 Å². The van der Waals surface area contributed by atoms with Crippen LogP contribution in [0.1, 0.15) is 105 Å². The molecule has 0 spiro atoms. The quantitative estimate of drug-likeness (QED) is 0.360. The van der Waals surface area contributed by atoms with Crippen LogP contribution in [-0.4, -0.2) is 23.8 Å². The lowest BCUT2D eigenvalue weighted by Gasteiger charge is -2.70. The molecule has 4 nitrogen and oxygen atoms in total. The maximum atomic E-state index is 14.8. The number of H-pyrrole nitrogens is 1. The molecule has 1 N–H and O–H groups in total. The van der Waals surface area contributed by atoms with Gasteiger partial charge >= 0.3 is 5.97 Å². The number of nitrogens with one attached hydrogen (secondary N) is 1. The Bertz CT molecular complexity index is 1510. The SMILES string of the molecule is COC(=O)[C@@]1(C)CC[C@@]2(C)CC[C@@]3(C)C(=CC(=O)[C@@H]4[C@@]5(C)Cc6c([nH]c7ccccc67)C(C)(C)[C@@H]5CC[C@@]43C)[C@@H]2C1. The number of benzene rings is 1. The summed E-state index contributed by atoms with van der Waals surface area (Å²) in [5.41, 5.74) is 4.72. The Morgan fingerprint density at radius 3 is 2.39 bits per heavy atom. The fraction of sp³-hybridized carbons (Fsp3) is 0.676. The maximum Gasteiger partial charge on any atom is 0.311 e. The minimum Gasteiger partial charge on any atom is -0.469 e. The summed E-state index contributed by atoms with van der Waals surface area (Å²) in [7, 11) is 1.52. The zero-order valence-electron chi connectivity index (χ0n) is 26.5. The van der Waals surface area contributed by atoms with Crippen molar-refractivity contribution in [1.29, 1.82) is 0 Å². The van der Waals surface area contributed by atoms with Crippen molar-refractivity contribution in [3.05, 3.63) is 47.2 Å². The number of rotatable bonds is 1. The van der Waals surface area contributed by atoms with E-state index in [1.165, 1.54) is 34.8 Å². The van der Waals surface area contributed by atoms with E-state index in [0.29, 0.717) is 11.7 Å². The Morgan fingerprint density at radius 1 is 0.951 bits per heavy atom. The van der Waals surface area contributed by atoms with Crippen molar-refractivity contribution in [2.24, 2.45) is 44.8 Å². The molecule has 4 heteroatoms. The van der Waals surface area contributed by atoms with E-state index < -0.39 is 5.41 Å². The van der Waals surface area contributed by atoms with E-state index in [4.69, 9.17) is 4.74 Å². The molecule has 0 bridgehead atoms. The standard InChI is InChI=1S/C37H49NO3/c1-32(2)28-13-14-37(7)29(35(28,5)20-23-22-11-9-10-12-26(22)38-30(23)32)27(39)19-24-25-21-34(4,31(40)41-8)16-15-33(25,3)17-18-36(24,37)6/h9-12,19,25,28-29,38H,13-18,20-21H2,1-8H3/t25-,28-,29+,33-,34-,35-,36-,37-/m0/s1. The number of esters is 1. The average Bonchev–Trinajstić information content (AvgIpc) is 3.29. The van der Waals surface area contributed by atoms with Crippen LogP contribution in [0.2, 0.25) is 0 Å². The van der Waals surface area contributed by atoms with Crippen LogP contribution < -0.4 is 0 Å². The summed E-state index contributed by atoms with van der Waals surface area (Å²) in [5, 5.41) is 1.32. The molecule has 7 rings (SSSR count). The number of carbonyl (C=O) groups excluding carboxylic acids is 2. The van der Waals surface area contributed by atoms with Gasteiger partial charge in [0.1, 0.15) is 0 Å². The van der Waals surface area contributed by atoms with E-state index in [0.717, 1.165) is 51.4 Å². The molecule has 1 aromatic carbocycles. The number of fused-ring (bicyclic) bond motifs is 10. The summed E-state index contributed by atoms with van der Waals surface area (Å²) < 4.78 is 5.31. The Morgan fingerprint density at radius 2 is 1.66 bits per heavy atom. The Hall–Kier alpha value is -2.36. The van der Waals surface area contributed by atoms with Crippen molar-refractivity contribution in [2.75, 3.05) is 7.11 Å². The third kappa shape index (κ3) is 3.23. The van der Waals surface area contributed by atoms with Crippen molar-refractivity contribution in [1.82, 2.24) is 4.98 Å². The molecule has 41 heavy (non-hydrogen) atoms. The van der Waals surface area contributed by atoms with Gasteiger partial charge in [-0.3, -0.25) is 9.59 Å². The van der Waals surface area contributed by atoms with Gasteiger partial charge < -0.3 is 9.72 Å². The predicted molar refractivity (Wildman–Crippen MR) is 163 cm³/mol. The van der Waals surface area contributed by atoms with E-state index >= 15 is 0 Å². The van der Waals surface area contributed by atoms with Crippen LogP contribution in [0.25, 0.3) is 10.9 Å². The van der Waals surface area contributed by atoms with Crippen molar-refractivity contribution < 1.29 is 14.3 Å². The fourth-order valence-corrected chi connectivity index (χ4v) is 11.9. The number of aromatic nitrogens is 1. The first-order valence-corrected chi connectivity index (χ1v) is 16.1. The van der Waals surface area contributed by atoms with Gasteiger partial charge in [-0.1, -0.05) is 65.3 Å². The summed E-state index contributed by atoms with van der Waals surface area (Å²) in [6.45, 7) is 16.8. The third-order valence-corrected chi connectivity index (χ3v) is 14.4. The second-order valence-corrected chi connectivity index (χ2v) is 16.7. The number of carbonyl (C=O) groups is 2. The van der Waals surface area contributed by atoms with E-state index in [2.05, 4.69) is 83.8 Å². The molecule has 1 aromatic heterocycles. The van der Waals surface area contributed by atoms with E-state index in [1.54, 1.807) is 0 Å². The lowest BCUT2D eigenvalue weighted by atomic mass is 9.33. The monoisotopic (exact) mass is 555 g/mol. The summed E-state index contributed by atoms with van der Waals surface area (Å²) in [4.78, 5) is 31.6. The van der Waals surface area contributed by atoms with Gasteiger partial charge in [-0.05, 0) is 109 Å². The van der Waals surface area contributed by atoms with Crippen molar-refractivity contribution in [3.8, 4) is 0 Å². The van der Waals surface area contributed by atoms with Crippen LogP contribution in [0.15, 0.2) is 35.9 Å². The first kappa shape index (κ1) is 27.5. The smallest absolute Gasteiger partial charge is 0.311 e. The molecular formula is C37H49NO3. The second kappa shape index (κ2) is 8.17. The van der Waals surface area contributed by atoms with Crippen molar-refractivity contribution in [3.63, 3.8) is 0 Å². The number of ketones is 1. The number of allylic oxidation sites excluding steroid dienone is 2. The number of methoxy groups -OCH3 is 1. The highest BCUT2D eigenvalue weighted by atomic mass is 16.5.